The number of phenols is 2. The van der Waals surface area contributed by atoms with Crippen LogP contribution in [0, 0.1) is 0 Å². The van der Waals surface area contributed by atoms with Crippen LogP contribution in [0.1, 0.15) is 150 Å². The molecule has 712 valence electrons. The van der Waals surface area contributed by atoms with Crippen molar-refractivity contribution in [1.82, 2.24) is 87.6 Å². The number of fused-ring (bicyclic) bond motifs is 5. The van der Waals surface area contributed by atoms with Gasteiger partial charge >= 0.3 is 5.97 Å². The summed E-state index contributed by atoms with van der Waals surface area (Å²) in [6, 6.07) is 3.13. The molecule has 5 aliphatic rings. The first-order valence-corrected chi connectivity index (χ1v) is 43.5. The first kappa shape index (κ1) is 97.0. The van der Waals surface area contributed by atoms with Crippen LogP contribution in [0.4, 0.5) is 0 Å². The number of benzene rings is 4. The van der Waals surface area contributed by atoms with Gasteiger partial charge in [-0.2, -0.15) is 0 Å². The fourth-order valence-electron chi connectivity index (χ4n) is 17.4. The molecule has 7 heterocycles. The first-order valence-electron chi connectivity index (χ1n) is 43.5. The number of ketones is 2. The average Bonchev–Trinajstić information content (AvgIpc) is 1.03. The van der Waals surface area contributed by atoms with Crippen LogP contribution in [0.15, 0.2) is 109 Å². The molecule has 13 rings (SSSR count). The number of carboxylic acids is 1. The number of ether oxygens (including phenoxy) is 3. The van der Waals surface area contributed by atoms with Crippen LogP contribution in [-0.4, -0.2) is 296 Å². The Balaban J connectivity index is 0.703. The Hall–Kier alpha value is -14.5. The summed E-state index contributed by atoms with van der Waals surface area (Å²) in [7, 11) is 2.43. The van der Waals surface area contributed by atoms with Gasteiger partial charge in [-0.3, -0.25) is 71.9 Å². The number of rotatable bonds is 41. The first-order chi connectivity index (χ1) is 64.1. The fourth-order valence-corrected chi connectivity index (χ4v) is 17.4. The van der Waals surface area contributed by atoms with Gasteiger partial charge in [-0.15, -0.1) is 0 Å². The number of hydrogen-bond acceptors (Lipinski definition) is 28. The number of aliphatic carboxylic acids is 1. The number of aliphatic hydroxyl groups excluding tert-OH is 2. The predicted octanol–water partition coefficient (Wildman–Crippen LogP) is -2.43. The molecule has 23 N–H and O–H groups in total. The molecule has 45 heteroatoms. The number of nitrogens with one attached hydrogen (secondary N) is 13. The highest BCUT2D eigenvalue weighted by Gasteiger charge is 2.51. The van der Waals surface area contributed by atoms with E-state index in [-0.39, 0.29) is 129 Å². The summed E-state index contributed by atoms with van der Waals surface area (Å²) in [5.41, 5.74) is 10.2. The third-order valence-corrected chi connectivity index (χ3v) is 24.6. The van der Waals surface area contributed by atoms with E-state index in [4.69, 9.17) is 30.5 Å². The van der Waals surface area contributed by atoms with Gasteiger partial charge in [0.15, 0.2) is 18.7 Å². The highest BCUT2D eigenvalue weighted by Crippen LogP contribution is 2.53. The molecule has 0 radical (unpaired) electrons. The number of nitrogens with two attached hydrogens (primary N) is 2. The number of oxime groups is 1. The van der Waals surface area contributed by atoms with Crippen molar-refractivity contribution in [3.8, 4) is 17.2 Å². The Morgan fingerprint density at radius 2 is 1.31 bits per heavy atom. The maximum absolute atomic E-state index is 15.4. The van der Waals surface area contributed by atoms with Crippen molar-refractivity contribution >= 4 is 116 Å². The lowest BCUT2D eigenvalue weighted by Crippen LogP contribution is -2.62. The molecular formula is C89H106N20O25. The number of carbonyl (C=O) groups is 15. The number of imidazole rings is 2. The van der Waals surface area contributed by atoms with Gasteiger partial charge < -0.3 is 139 Å². The summed E-state index contributed by atoms with van der Waals surface area (Å²) in [6.07, 6.45) is 0.747. The predicted molar refractivity (Wildman–Crippen MR) is 470 cm³/mol. The summed E-state index contributed by atoms with van der Waals surface area (Å²) in [5, 5.41) is 97.6. The van der Waals surface area contributed by atoms with Crippen LogP contribution in [0.2, 0.25) is 0 Å². The Labute approximate surface area is 763 Å². The van der Waals surface area contributed by atoms with E-state index in [1.807, 2.05) is 0 Å². The highest BCUT2D eigenvalue weighted by atomic mass is 16.7. The Morgan fingerprint density at radius 3 is 1.91 bits per heavy atom. The summed E-state index contributed by atoms with van der Waals surface area (Å²) >= 11 is 0. The SMILES string of the molecule is COc1cccc2c1C(=O)c1c(O)c3c(c(O)c1C2=O)C[C@@](O)(/C(C)=N/OCC(=O)NCCCC[C@H](NC(=O)[C@H](Cc1c[nH]c2ccccc12)NC(=O)[C@H](CC(=O)O)NC(=O)[C@H](Cc1cnc[nH]1)NC(=O)[C@H](CO)N(C)C(=O)[C@H](Cc1c[nH]c2ccccc12)NC(=O)[C@H](Cc1cnc[nH]1)NC(=O)[C@@H]1CCC(=O)N1)C(=O)N1CCC[C@H]1C(=O)NCC(N)=O)C[C@@H]3O[C@H]1C[C@H](N)[C@H](O)[C@H](C)O1. The molecule has 3 aliphatic heterocycles. The number of carbonyl (C=O) groups excluding carboxylic acids is 14. The van der Waals surface area contributed by atoms with Gasteiger partial charge in [-0.1, -0.05) is 53.7 Å². The minimum atomic E-state index is -2.16. The lowest BCUT2D eigenvalue weighted by Gasteiger charge is -2.42. The van der Waals surface area contributed by atoms with Crippen molar-refractivity contribution in [3.63, 3.8) is 0 Å². The number of para-hydroxylation sites is 2. The van der Waals surface area contributed by atoms with E-state index in [2.05, 4.69) is 82.9 Å². The van der Waals surface area contributed by atoms with Crippen LogP contribution in [0.25, 0.3) is 21.8 Å². The van der Waals surface area contributed by atoms with Gasteiger partial charge in [-0.25, -0.2) is 9.97 Å². The number of aromatic amines is 4. The number of H-pyrrole nitrogens is 4. The standard InChI is InChI=1S/C89H106N20O25/c1-42-75(116)52(90)29-70(133-42)134-65-32-89(130,31-51-72(65)79(120)74-73(77(51)118)76(117)50-15-11-20-64(131-4)71(50)78(74)119)43(2)107-132-39-68(113)94-23-10-9-18-56(88(129)109-24-12-19-62(109)85(126)97-37-66(91)111)101-81(122)57(25-44-33-95-53-16-7-5-13-48(44)53)102-84(125)60(30-69(114)115)104-82(123)59(28-47-36-93-41-99-47)105-86(127)63(38-110)108(3)87(128)61(26-45-34-96-54-17-8-6-14-49(45)54)106-83(124)58(27-46-35-92-40-98-46)103-80(121)55-21-22-67(112)100-55/h5-8,11,13-17,20,33-36,40-42,52,55-63,65,70,75,95-96,110,116,118,120,130H,9-10,12,18-19,21-32,37-39,90H2,1-4H3,(H2,91,111)(H,92,98)(H,93,99)(H,94,113)(H,97,126)(H,100,112)(H,101,122)(H,102,125)(H,103,121)(H,104,123)(H,105,127)(H,106,124)(H,114,115)/b107-43+/t42-,52-,55-,56-,57-,58-,59-,60-,61-,62-,63-,65-,70-,75+,89-/m0/s1. The molecule has 0 unspecified atom stereocenters. The molecule has 0 bridgehead atoms. The highest BCUT2D eigenvalue weighted by molar-refractivity contribution is 6.31. The van der Waals surface area contributed by atoms with Crippen molar-refractivity contribution in [1.29, 1.82) is 0 Å². The maximum Gasteiger partial charge on any atom is 0.305 e. The number of aliphatic hydroxyl groups is 3. The zero-order chi connectivity index (χ0) is 96.1. The van der Waals surface area contributed by atoms with Crippen LogP contribution in [0.3, 0.4) is 0 Å². The number of nitrogens with zero attached hydrogens (tertiary/aromatic N) is 5. The molecule has 0 spiro atoms. The topological polar surface area (TPSA) is 682 Å². The summed E-state index contributed by atoms with van der Waals surface area (Å²) in [5.74, 6) is -15.7. The molecule has 8 aromatic rings. The van der Waals surface area contributed by atoms with Crippen molar-refractivity contribution < 1.29 is 122 Å². The van der Waals surface area contributed by atoms with E-state index >= 15 is 19.2 Å². The number of unbranched alkanes of at least 4 members (excludes halogenated alkanes) is 1. The average molecular weight is 1860 g/mol. The van der Waals surface area contributed by atoms with E-state index in [0.717, 1.165) is 11.9 Å². The number of hydrogen-bond donors (Lipinski definition) is 21. The second-order valence-electron chi connectivity index (χ2n) is 33.7. The van der Waals surface area contributed by atoms with Crippen molar-refractivity contribution in [3.05, 3.63) is 160 Å². The van der Waals surface area contributed by atoms with E-state index in [1.165, 1.54) is 62.2 Å². The number of likely N-dealkylation sites (tertiary alicyclic amines) is 1. The third-order valence-electron chi connectivity index (χ3n) is 24.6. The molecule has 45 nitrogen and oxygen atoms in total. The van der Waals surface area contributed by atoms with Crippen molar-refractivity contribution in [2.24, 2.45) is 16.6 Å². The van der Waals surface area contributed by atoms with Gasteiger partial charge in [0.2, 0.25) is 70.8 Å². The van der Waals surface area contributed by atoms with E-state index < -0.39 is 241 Å². The second-order valence-corrected chi connectivity index (χ2v) is 33.7. The summed E-state index contributed by atoms with van der Waals surface area (Å²) < 4.78 is 17.7. The number of likely N-dealkylation sites (N-methyl/N-ethyl adjacent to an activating group) is 1. The number of amides is 12. The molecule has 15 atom stereocenters. The molecule has 12 amide bonds. The summed E-state index contributed by atoms with van der Waals surface area (Å²) in [6.45, 7) is 0.280. The molecular weight excluding hydrogens is 1750 g/mol. The molecule has 3 fully saturated rings. The van der Waals surface area contributed by atoms with Crippen LogP contribution in [-0.2, 0) is 109 Å². The maximum atomic E-state index is 15.4. The largest absolute Gasteiger partial charge is 0.507 e. The van der Waals surface area contributed by atoms with Gasteiger partial charge in [0, 0.05) is 152 Å². The van der Waals surface area contributed by atoms with Crippen molar-refractivity contribution in [2.45, 2.75) is 201 Å². The number of primary amides is 1. The fraction of sp³-hybridized carbons (Fsp3) is 0.438. The summed E-state index contributed by atoms with van der Waals surface area (Å²) in [4.78, 5) is 239. The Kier molecular flexibility index (Phi) is 31.0. The lowest BCUT2D eigenvalue weighted by molar-refractivity contribution is -0.245. The number of aromatic nitrogens is 6. The minimum absolute atomic E-state index is 0.0194. The van der Waals surface area contributed by atoms with Gasteiger partial charge in [0.1, 0.15) is 77.2 Å². The lowest BCUT2D eigenvalue weighted by atomic mass is 9.72. The molecule has 4 aromatic heterocycles. The molecule has 4 aromatic carbocycles. The third kappa shape index (κ3) is 22.3. The normalized spacial score (nSPS) is 20.7. The smallest absolute Gasteiger partial charge is 0.305 e. The van der Waals surface area contributed by atoms with Crippen LogP contribution < -0.4 is 64.1 Å². The second kappa shape index (κ2) is 42.8. The number of carboxylic acid groups (broad SMARTS) is 1. The van der Waals surface area contributed by atoms with Gasteiger partial charge in [0.25, 0.3) is 5.91 Å². The Bertz CT molecular complexity index is 5810. The quantitative estimate of drug-likeness (QED) is 0.00820. The zero-order valence-corrected chi connectivity index (χ0v) is 73.4. The van der Waals surface area contributed by atoms with Crippen molar-refractivity contribution in [2.75, 3.05) is 47.0 Å². The zero-order valence-electron chi connectivity index (χ0n) is 73.4. The van der Waals surface area contributed by atoms with E-state index in [0.29, 0.717) is 38.6 Å². The number of aromatic hydroxyl groups is 2. The van der Waals surface area contributed by atoms with E-state index in [1.54, 1.807) is 67.8 Å². The Morgan fingerprint density at radius 1 is 0.709 bits per heavy atom. The molecule has 134 heavy (non-hydrogen) atoms. The van der Waals surface area contributed by atoms with Crippen LogP contribution >= 0.6 is 0 Å². The molecule has 0 saturated carbocycles. The van der Waals surface area contributed by atoms with Gasteiger partial charge in [-0.05, 0) is 81.7 Å². The number of phenolic OH excluding ortho intramolecular Hbond substituents is 2. The van der Waals surface area contributed by atoms with Gasteiger partial charge in [0.05, 0.1) is 80.1 Å². The minimum Gasteiger partial charge on any atom is -0.507 e. The monoisotopic (exact) mass is 1850 g/mol. The molecule has 3 saturated heterocycles. The number of methoxy groups -OCH3 is 1. The van der Waals surface area contributed by atoms with Crippen LogP contribution in [0.5, 0.6) is 17.2 Å². The van der Waals surface area contributed by atoms with E-state index in [9.17, 15) is 83.4 Å². The molecule has 2 aliphatic carbocycles.